The van der Waals surface area contributed by atoms with E-state index in [0.29, 0.717) is 18.6 Å². The Labute approximate surface area is 88.5 Å². The van der Waals surface area contributed by atoms with Crippen molar-refractivity contribution in [2.75, 3.05) is 13.1 Å². The molecule has 1 heterocycles. The number of piperidine rings is 1. The van der Waals surface area contributed by atoms with Gasteiger partial charge < -0.3 is 5.32 Å². The van der Waals surface area contributed by atoms with E-state index in [1.165, 1.54) is 12.1 Å². The number of ketones is 1. The predicted octanol–water partition coefficient (Wildman–Crippen LogP) is 1.55. The van der Waals surface area contributed by atoms with Crippen LogP contribution in [-0.2, 0) is 11.2 Å². The molecule has 3 heteroatoms. The number of hydrogen-bond donors (Lipinski definition) is 1. The molecule has 1 fully saturated rings. The Balaban J connectivity index is 2.01. The van der Waals surface area contributed by atoms with Crippen molar-refractivity contribution >= 4 is 5.78 Å². The number of carbonyl (C=O) groups excluding carboxylic acids is 1. The molecule has 1 unspecified atom stereocenters. The molecule has 1 N–H and O–H groups in total. The van der Waals surface area contributed by atoms with Crippen LogP contribution in [0.15, 0.2) is 24.3 Å². The topological polar surface area (TPSA) is 29.1 Å². The second-order valence-corrected chi connectivity index (χ2v) is 3.95. The molecular weight excluding hydrogens is 193 g/mol. The van der Waals surface area contributed by atoms with Crippen molar-refractivity contribution < 1.29 is 9.18 Å². The molecule has 1 aliphatic heterocycles. The maximum absolute atomic E-state index is 12.7. The lowest BCUT2D eigenvalue weighted by Gasteiger charge is -2.21. The minimum absolute atomic E-state index is 0.0595. The number of hydrogen-bond acceptors (Lipinski definition) is 2. The SMILES string of the molecule is O=C1CCNCC1Cc1ccc(F)cc1. The summed E-state index contributed by atoms with van der Waals surface area (Å²) in [5, 5.41) is 3.20. The Morgan fingerprint density at radius 3 is 2.73 bits per heavy atom. The summed E-state index contributed by atoms with van der Waals surface area (Å²) in [5.74, 6) is 0.147. The third-order valence-electron chi connectivity index (χ3n) is 2.79. The van der Waals surface area contributed by atoms with Gasteiger partial charge in [0.25, 0.3) is 0 Å². The molecule has 2 rings (SSSR count). The summed E-state index contributed by atoms with van der Waals surface area (Å²) >= 11 is 0. The van der Waals surface area contributed by atoms with Crippen LogP contribution < -0.4 is 5.32 Å². The van der Waals surface area contributed by atoms with Crippen molar-refractivity contribution in [3.8, 4) is 0 Å². The first kappa shape index (κ1) is 10.3. The van der Waals surface area contributed by atoms with E-state index in [1.807, 2.05) is 0 Å². The molecule has 15 heavy (non-hydrogen) atoms. The summed E-state index contributed by atoms with van der Waals surface area (Å²) < 4.78 is 12.7. The zero-order valence-corrected chi connectivity index (χ0v) is 8.50. The minimum Gasteiger partial charge on any atom is -0.316 e. The van der Waals surface area contributed by atoms with Gasteiger partial charge in [-0.2, -0.15) is 0 Å². The average Bonchev–Trinajstić information content (AvgIpc) is 2.25. The number of benzene rings is 1. The summed E-state index contributed by atoms with van der Waals surface area (Å²) in [6, 6.07) is 6.38. The van der Waals surface area contributed by atoms with Crippen LogP contribution in [-0.4, -0.2) is 18.9 Å². The molecular formula is C12H14FNO. The van der Waals surface area contributed by atoms with Gasteiger partial charge in [-0.3, -0.25) is 4.79 Å². The van der Waals surface area contributed by atoms with Gasteiger partial charge in [-0.25, -0.2) is 4.39 Å². The van der Waals surface area contributed by atoms with E-state index < -0.39 is 0 Å². The molecule has 0 aromatic heterocycles. The Hall–Kier alpha value is -1.22. The monoisotopic (exact) mass is 207 g/mol. The smallest absolute Gasteiger partial charge is 0.138 e. The van der Waals surface area contributed by atoms with Gasteiger partial charge in [0.1, 0.15) is 11.6 Å². The Kier molecular flexibility index (Phi) is 3.11. The maximum Gasteiger partial charge on any atom is 0.138 e. The van der Waals surface area contributed by atoms with Crippen LogP contribution in [0.5, 0.6) is 0 Å². The van der Waals surface area contributed by atoms with Crippen molar-refractivity contribution in [1.29, 1.82) is 0 Å². The standard InChI is InChI=1S/C12H14FNO/c13-11-3-1-9(2-4-11)7-10-8-14-6-5-12(10)15/h1-4,10,14H,5-8H2. The lowest BCUT2D eigenvalue weighted by molar-refractivity contribution is -0.123. The first-order chi connectivity index (χ1) is 7.25. The summed E-state index contributed by atoms with van der Waals surface area (Å²) in [7, 11) is 0. The second-order valence-electron chi connectivity index (χ2n) is 3.95. The van der Waals surface area contributed by atoms with Crippen molar-refractivity contribution in [3.63, 3.8) is 0 Å². The van der Waals surface area contributed by atoms with Gasteiger partial charge in [0.15, 0.2) is 0 Å². The van der Waals surface area contributed by atoms with Crippen LogP contribution in [0.4, 0.5) is 4.39 Å². The highest BCUT2D eigenvalue weighted by Gasteiger charge is 2.21. The molecule has 1 aromatic rings. The fraction of sp³-hybridized carbons (Fsp3) is 0.417. The third kappa shape index (κ3) is 2.63. The number of Topliss-reactive ketones (excluding diaryl/α,β-unsaturated/α-hetero) is 1. The summed E-state index contributed by atoms with van der Waals surface area (Å²) in [5.41, 5.74) is 1.03. The van der Waals surface area contributed by atoms with Crippen LogP contribution in [0.3, 0.4) is 0 Å². The van der Waals surface area contributed by atoms with E-state index in [2.05, 4.69) is 5.32 Å². The van der Waals surface area contributed by atoms with Gasteiger partial charge in [-0.05, 0) is 24.1 Å². The number of halogens is 1. The third-order valence-corrected chi connectivity index (χ3v) is 2.79. The van der Waals surface area contributed by atoms with Crippen LogP contribution >= 0.6 is 0 Å². The van der Waals surface area contributed by atoms with Crippen LogP contribution in [0.2, 0.25) is 0 Å². The molecule has 2 nitrogen and oxygen atoms in total. The van der Waals surface area contributed by atoms with Crippen LogP contribution in [0, 0.1) is 11.7 Å². The van der Waals surface area contributed by atoms with E-state index in [-0.39, 0.29) is 11.7 Å². The fourth-order valence-corrected chi connectivity index (χ4v) is 1.90. The molecule has 0 spiro atoms. The van der Waals surface area contributed by atoms with E-state index in [9.17, 15) is 9.18 Å². The summed E-state index contributed by atoms with van der Waals surface area (Å²) in [6.07, 6.45) is 1.33. The maximum atomic E-state index is 12.7. The second kappa shape index (κ2) is 4.53. The van der Waals surface area contributed by atoms with Crippen LogP contribution in [0.1, 0.15) is 12.0 Å². The zero-order chi connectivity index (χ0) is 10.7. The Bertz CT molecular complexity index is 347. The Morgan fingerprint density at radius 2 is 2.07 bits per heavy atom. The van der Waals surface area contributed by atoms with Gasteiger partial charge >= 0.3 is 0 Å². The quantitative estimate of drug-likeness (QED) is 0.797. The largest absolute Gasteiger partial charge is 0.316 e. The van der Waals surface area contributed by atoms with Gasteiger partial charge in [-0.15, -0.1) is 0 Å². The summed E-state index contributed by atoms with van der Waals surface area (Å²) in [6.45, 7) is 1.54. The molecule has 0 amide bonds. The van der Waals surface area contributed by atoms with E-state index in [4.69, 9.17) is 0 Å². The molecule has 0 bridgehead atoms. The normalized spacial score (nSPS) is 21.7. The van der Waals surface area contributed by atoms with Gasteiger partial charge in [-0.1, -0.05) is 12.1 Å². The average molecular weight is 207 g/mol. The molecule has 0 aliphatic carbocycles. The molecule has 1 saturated heterocycles. The zero-order valence-electron chi connectivity index (χ0n) is 8.50. The van der Waals surface area contributed by atoms with E-state index in [0.717, 1.165) is 18.7 Å². The van der Waals surface area contributed by atoms with E-state index >= 15 is 0 Å². The Morgan fingerprint density at radius 1 is 1.33 bits per heavy atom. The van der Waals surface area contributed by atoms with Crippen molar-refractivity contribution in [2.24, 2.45) is 5.92 Å². The van der Waals surface area contributed by atoms with Crippen molar-refractivity contribution in [3.05, 3.63) is 35.6 Å². The molecule has 1 atom stereocenters. The van der Waals surface area contributed by atoms with Crippen LogP contribution in [0.25, 0.3) is 0 Å². The van der Waals surface area contributed by atoms with Crippen molar-refractivity contribution in [1.82, 2.24) is 5.32 Å². The van der Waals surface area contributed by atoms with E-state index in [1.54, 1.807) is 12.1 Å². The summed E-state index contributed by atoms with van der Waals surface area (Å²) in [4.78, 5) is 11.6. The molecule has 1 aromatic carbocycles. The number of nitrogens with one attached hydrogen (secondary N) is 1. The first-order valence-corrected chi connectivity index (χ1v) is 5.23. The molecule has 0 saturated carbocycles. The highest BCUT2D eigenvalue weighted by atomic mass is 19.1. The fourth-order valence-electron chi connectivity index (χ4n) is 1.90. The molecule has 1 aliphatic rings. The van der Waals surface area contributed by atoms with Gasteiger partial charge in [0.05, 0.1) is 0 Å². The van der Waals surface area contributed by atoms with Gasteiger partial charge in [0, 0.05) is 25.4 Å². The highest BCUT2D eigenvalue weighted by Crippen LogP contribution is 2.14. The number of carbonyl (C=O) groups is 1. The van der Waals surface area contributed by atoms with Crippen molar-refractivity contribution in [2.45, 2.75) is 12.8 Å². The lowest BCUT2D eigenvalue weighted by Crippen LogP contribution is -2.37. The van der Waals surface area contributed by atoms with Gasteiger partial charge in [0.2, 0.25) is 0 Å². The molecule has 0 radical (unpaired) electrons. The minimum atomic E-state index is -0.230. The number of rotatable bonds is 2. The highest BCUT2D eigenvalue weighted by molar-refractivity contribution is 5.82. The first-order valence-electron chi connectivity index (χ1n) is 5.23. The predicted molar refractivity (Wildman–Crippen MR) is 56.1 cm³/mol. The molecule has 80 valence electrons. The lowest BCUT2D eigenvalue weighted by atomic mass is 9.91.